The van der Waals surface area contributed by atoms with E-state index < -0.39 is 0 Å². The fraction of sp³-hybridized carbons (Fsp3) is 0.412. The van der Waals surface area contributed by atoms with Crippen LogP contribution in [0.25, 0.3) is 0 Å². The molecule has 1 aromatic carbocycles. The second-order valence-corrected chi connectivity index (χ2v) is 6.51. The van der Waals surface area contributed by atoms with Crippen molar-refractivity contribution in [2.45, 2.75) is 25.5 Å². The maximum absolute atomic E-state index is 12.6. The van der Waals surface area contributed by atoms with Gasteiger partial charge in [0.15, 0.2) is 11.5 Å². The monoisotopic (exact) mass is 347 g/mol. The lowest BCUT2D eigenvalue weighted by Crippen LogP contribution is -2.45. The van der Waals surface area contributed by atoms with Gasteiger partial charge in [-0.05, 0) is 31.0 Å². The molecule has 2 aromatic rings. The number of amides is 1. The first-order valence-electron chi connectivity index (χ1n) is 7.90. The van der Waals surface area contributed by atoms with Gasteiger partial charge in [0.25, 0.3) is 5.91 Å². The van der Waals surface area contributed by atoms with Gasteiger partial charge in [0.1, 0.15) is 6.61 Å². The van der Waals surface area contributed by atoms with E-state index in [9.17, 15) is 4.79 Å². The molecule has 2 N–H and O–H groups in total. The van der Waals surface area contributed by atoms with Gasteiger partial charge >= 0.3 is 0 Å². The minimum atomic E-state index is -0.0190. The summed E-state index contributed by atoms with van der Waals surface area (Å²) in [6.07, 6.45) is 1.91. The van der Waals surface area contributed by atoms with Crippen LogP contribution in [0.2, 0.25) is 0 Å². The summed E-state index contributed by atoms with van der Waals surface area (Å²) in [4.78, 5) is 18.6. The van der Waals surface area contributed by atoms with Crippen molar-refractivity contribution in [2.75, 3.05) is 20.2 Å². The summed E-state index contributed by atoms with van der Waals surface area (Å²) in [7, 11) is 1.57. The Morgan fingerprint density at radius 1 is 1.46 bits per heavy atom. The van der Waals surface area contributed by atoms with Crippen molar-refractivity contribution in [1.29, 1.82) is 0 Å². The number of hydrogen-bond acceptors (Lipinski definition) is 6. The SMILES string of the molecule is COc1cc(C(=O)N2CCC[C@@H](N)C2)ccc1OCc1cscn1. The minimum Gasteiger partial charge on any atom is -0.493 e. The number of carbonyl (C=O) groups is 1. The van der Waals surface area contributed by atoms with Crippen molar-refractivity contribution in [3.05, 3.63) is 40.3 Å². The van der Waals surface area contributed by atoms with Gasteiger partial charge in [-0.1, -0.05) is 0 Å². The van der Waals surface area contributed by atoms with Crippen LogP contribution in [0.4, 0.5) is 0 Å². The standard InChI is InChI=1S/C17H21N3O3S/c1-22-16-7-12(17(21)20-6-2-3-13(18)8-20)4-5-15(16)23-9-14-10-24-11-19-14/h4-5,7,10-11,13H,2-3,6,8-9,18H2,1H3/t13-/m1/s1. The van der Waals surface area contributed by atoms with Crippen molar-refractivity contribution in [2.24, 2.45) is 5.73 Å². The Labute approximate surface area is 145 Å². The van der Waals surface area contributed by atoms with Crippen LogP contribution in [0.3, 0.4) is 0 Å². The first kappa shape index (κ1) is 16.7. The van der Waals surface area contributed by atoms with Crippen LogP contribution in [0.15, 0.2) is 29.1 Å². The van der Waals surface area contributed by atoms with Crippen molar-refractivity contribution < 1.29 is 14.3 Å². The molecule has 1 saturated heterocycles. The molecule has 1 aliphatic rings. The van der Waals surface area contributed by atoms with Gasteiger partial charge in [-0.25, -0.2) is 4.98 Å². The Morgan fingerprint density at radius 2 is 2.33 bits per heavy atom. The second kappa shape index (κ2) is 7.63. The number of nitrogens with two attached hydrogens (primary N) is 1. The molecule has 0 saturated carbocycles. The van der Waals surface area contributed by atoms with Crippen molar-refractivity contribution in [3.8, 4) is 11.5 Å². The number of carbonyl (C=O) groups excluding carboxylic acids is 1. The first-order chi connectivity index (χ1) is 11.7. The summed E-state index contributed by atoms with van der Waals surface area (Å²) in [6.45, 7) is 1.72. The van der Waals surface area contributed by atoms with Crippen LogP contribution in [0.1, 0.15) is 28.9 Å². The lowest BCUT2D eigenvalue weighted by Gasteiger charge is -2.31. The van der Waals surface area contributed by atoms with Gasteiger partial charge in [0.2, 0.25) is 0 Å². The van der Waals surface area contributed by atoms with Gasteiger partial charge in [-0.2, -0.15) is 0 Å². The number of methoxy groups -OCH3 is 1. The summed E-state index contributed by atoms with van der Waals surface area (Å²) in [5, 5.41) is 1.93. The highest BCUT2D eigenvalue weighted by Gasteiger charge is 2.23. The number of aromatic nitrogens is 1. The molecule has 1 amide bonds. The molecule has 1 atom stereocenters. The normalized spacial score (nSPS) is 17.6. The van der Waals surface area contributed by atoms with E-state index >= 15 is 0 Å². The largest absolute Gasteiger partial charge is 0.493 e. The zero-order valence-electron chi connectivity index (χ0n) is 13.6. The fourth-order valence-corrected chi connectivity index (χ4v) is 3.30. The maximum Gasteiger partial charge on any atom is 0.254 e. The molecule has 2 heterocycles. The Morgan fingerprint density at radius 3 is 3.04 bits per heavy atom. The van der Waals surface area contributed by atoms with Crippen LogP contribution in [0, 0.1) is 0 Å². The molecule has 7 heteroatoms. The van der Waals surface area contributed by atoms with Crippen LogP contribution in [-0.2, 0) is 6.61 Å². The molecule has 24 heavy (non-hydrogen) atoms. The summed E-state index contributed by atoms with van der Waals surface area (Å²) in [5.74, 6) is 1.12. The van der Waals surface area contributed by atoms with Gasteiger partial charge < -0.3 is 20.1 Å². The highest BCUT2D eigenvalue weighted by molar-refractivity contribution is 7.07. The van der Waals surface area contributed by atoms with E-state index in [-0.39, 0.29) is 11.9 Å². The van der Waals surface area contributed by atoms with Crippen LogP contribution < -0.4 is 15.2 Å². The number of ether oxygens (including phenoxy) is 2. The average Bonchev–Trinajstić information content (AvgIpc) is 3.12. The van der Waals surface area contributed by atoms with E-state index in [1.54, 1.807) is 35.7 Å². The maximum atomic E-state index is 12.6. The highest BCUT2D eigenvalue weighted by Crippen LogP contribution is 2.29. The topological polar surface area (TPSA) is 77.7 Å². The highest BCUT2D eigenvalue weighted by atomic mass is 32.1. The molecular weight excluding hydrogens is 326 g/mol. The minimum absolute atomic E-state index is 0.0190. The second-order valence-electron chi connectivity index (χ2n) is 5.79. The molecule has 128 valence electrons. The van der Waals surface area contributed by atoms with Crippen molar-refractivity contribution in [3.63, 3.8) is 0 Å². The molecule has 1 aromatic heterocycles. The third-order valence-corrected chi connectivity index (χ3v) is 4.65. The van der Waals surface area contributed by atoms with E-state index in [1.165, 1.54) is 11.3 Å². The quantitative estimate of drug-likeness (QED) is 0.898. The predicted molar refractivity (Wildman–Crippen MR) is 92.6 cm³/mol. The molecule has 6 nitrogen and oxygen atoms in total. The number of rotatable bonds is 5. The Balaban J connectivity index is 1.72. The first-order valence-corrected chi connectivity index (χ1v) is 8.84. The summed E-state index contributed by atoms with van der Waals surface area (Å²) < 4.78 is 11.1. The van der Waals surface area contributed by atoms with Crippen LogP contribution in [-0.4, -0.2) is 42.0 Å². The predicted octanol–water partition coefficient (Wildman–Crippen LogP) is 2.29. The molecule has 0 aliphatic carbocycles. The summed E-state index contributed by atoms with van der Waals surface area (Å²) in [5.41, 5.74) is 9.18. The van der Waals surface area contributed by atoms with Crippen molar-refractivity contribution >= 4 is 17.2 Å². The third-order valence-electron chi connectivity index (χ3n) is 4.01. The smallest absolute Gasteiger partial charge is 0.254 e. The molecule has 3 rings (SSSR count). The lowest BCUT2D eigenvalue weighted by atomic mass is 10.1. The number of nitrogens with zero attached hydrogens (tertiary/aromatic N) is 2. The molecule has 0 radical (unpaired) electrons. The lowest BCUT2D eigenvalue weighted by molar-refractivity contribution is 0.0708. The molecular formula is C17H21N3O3S. The number of benzene rings is 1. The Bertz CT molecular complexity index is 690. The van der Waals surface area contributed by atoms with Gasteiger partial charge in [-0.15, -0.1) is 11.3 Å². The van der Waals surface area contributed by atoms with E-state index in [0.29, 0.717) is 30.2 Å². The average molecular weight is 347 g/mol. The zero-order chi connectivity index (χ0) is 16.9. The molecule has 0 spiro atoms. The molecule has 1 fully saturated rings. The fourth-order valence-electron chi connectivity index (χ4n) is 2.76. The van der Waals surface area contributed by atoms with Gasteiger partial charge in [-0.3, -0.25) is 4.79 Å². The summed E-state index contributed by atoms with van der Waals surface area (Å²) in [6, 6.07) is 5.31. The number of piperidine rings is 1. The third kappa shape index (κ3) is 3.85. The Hall–Kier alpha value is -2.12. The van der Waals surface area contributed by atoms with E-state index in [2.05, 4.69) is 4.98 Å². The molecule has 0 unspecified atom stereocenters. The Kier molecular flexibility index (Phi) is 5.32. The van der Waals surface area contributed by atoms with Gasteiger partial charge in [0.05, 0.1) is 18.3 Å². The molecule has 1 aliphatic heterocycles. The van der Waals surface area contributed by atoms with Gasteiger partial charge in [0, 0.05) is 30.1 Å². The van der Waals surface area contributed by atoms with E-state index in [4.69, 9.17) is 15.2 Å². The summed E-state index contributed by atoms with van der Waals surface area (Å²) >= 11 is 1.52. The number of likely N-dealkylation sites (tertiary alicyclic amines) is 1. The van der Waals surface area contributed by atoms with E-state index in [0.717, 1.165) is 25.1 Å². The van der Waals surface area contributed by atoms with E-state index in [1.807, 2.05) is 5.38 Å². The van der Waals surface area contributed by atoms with Crippen molar-refractivity contribution in [1.82, 2.24) is 9.88 Å². The number of thiazole rings is 1. The zero-order valence-corrected chi connectivity index (χ0v) is 14.4. The molecule has 0 bridgehead atoms. The van der Waals surface area contributed by atoms with Crippen LogP contribution >= 0.6 is 11.3 Å². The van der Waals surface area contributed by atoms with Crippen LogP contribution in [0.5, 0.6) is 11.5 Å². The number of hydrogen-bond donors (Lipinski definition) is 1.